The molecule has 2 fully saturated rings. The Hall–Kier alpha value is -0.650. The molecule has 1 aliphatic carbocycles. The summed E-state index contributed by atoms with van der Waals surface area (Å²) in [6.07, 6.45) is 3.49. The Morgan fingerprint density at radius 1 is 1.42 bits per heavy atom. The fourth-order valence-corrected chi connectivity index (χ4v) is 2.91. The van der Waals surface area contributed by atoms with E-state index < -0.39 is 5.54 Å². The van der Waals surface area contributed by atoms with Gasteiger partial charge in [0, 0.05) is 38.3 Å². The molecule has 2 atom stereocenters. The molecule has 0 bridgehead atoms. The SMILES string of the molecule is CCC1CN(CC(C)(NC2CC2)C(N)=O)CCN1C. The highest BCUT2D eigenvalue weighted by Crippen LogP contribution is 2.23. The van der Waals surface area contributed by atoms with Gasteiger partial charge in [-0.05, 0) is 33.2 Å². The maximum Gasteiger partial charge on any atom is 0.238 e. The van der Waals surface area contributed by atoms with Crippen LogP contribution in [0.15, 0.2) is 0 Å². The van der Waals surface area contributed by atoms with Crippen LogP contribution in [-0.2, 0) is 4.79 Å². The molecule has 5 heteroatoms. The van der Waals surface area contributed by atoms with Crippen LogP contribution in [0, 0.1) is 0 Å². The normalized spacial score (nSPS) is 29.1. The molecule has 1 heterocycles. The number of nitrogens with two attached hydrogens (primary N) is 1. The summed E-state index contributed by atoms with van der Waals surface area (Å²) in [5.41, 5.74) is 5.03. The number of amides is 1. The Morgan fingerprint density at radius 3 is 2.63 bits per heavy atom. The fraction of sp³-hybridized carbons (Fsp3) is 0.929. The zero-order chi connectivity index (χ0) is 14.0. The van der Waals surface area contributed by atoms with Crippen molar-refractivity contribution < 1.29 is 4.79 Å². The van der Waals surface area contributed by atoms with Crippen LogP contribution in [0.4, 0.5) is 0 Å². The van der Waals surface area contributed by atoms with Gasteiger partial charge in [-0.1, -0.05) is 6.92 Å². The quantitative estimate of drug-likeness (QED) is 0.712. The summed E-state index contributed by atoms with van der Waals surface area (Å²) in [6.45, 7) is 8.01. The van der Waals surface area contributed by atoms with Crippen LogP contribution in [0.25, 0.3) is 0 Å². The van der Waals surface area contributed by atoms with Crippen LogP contribution in [0.3, 0.4) is 0 Å². The Balaban J connectivity index is 1.95. The molecule has 3 N–H and O–H groups in total. The number of nitrogens with one attached hydrogen (secondary N) is 1. The number of hydrogen-bond acceptors (Lipinski definition) is 4. The van der Waals surface area contributed by atoms with Crippen LogP contribution in [0.5, 0.6) is 0 Å². The molecule has 1 amide bonds. The second-order valence-electron chi connectivity index (χ2n) is 6.39. The van der Waals surface area contributed by atoms with Crippen molar-refractivity contribution in [3.63, 3.8) is 0 Å². The maximum atomic E-state index is 11.8. The molecular weight excluding hydrogens is 240 g/mol. The van der Waals surface area contributed by atoms with Crippen molar-refractivity contribution in [2.75, 3.05) is 33.2 Å². The Kier molecular flexibility index (Phi) is 4.48. The van der Waals surface area contributed by atoms with Gasteiger partial charge in [0.15, 0.2) is 0 Å². The highest BCUT2D eigenvalue weighted by Gasteiger charge is 2.39. The molecule has 2 unspecified atom stereocenters. The van der Waals surface area contributed by atoms with Crippen LogP contribution in [0.1, 0.15) is 33.1 Å². The Labute approximate surface area is 116 Å². The van der Waals surface area contributed by atoms with Crippen molar-refractivity contribution in [2.24, 2.45) is 5.73 Å². The van der Waals surface area contributed by atoms with Crippen molar-refractivity contribution in [1.82, 2.24) is 15.1 Å². The minimum atomic E-state index is -0.588. The van der Waals surface area contributed by atoms with Gasteiger partial charge in [0.1, 0.15) is 5.54 Å². The van der Waals surface area contributed by atoms with E-state index >= 15 is 0 Å². The number of rotatable bonds is 6. The molecule has 0 aromatic rings. The Morgan fingerprint density at radius 2 is 2.11 bits per heavy atom. The molecule has 0 radical (unpaired) electrons. The molecule has 2 rings (SSSR count). The average Bonchev–Trinajstić information content (AvgIpc) is 3.15. The monoisotopic (exact) mass is 268 g/mol. The van der Waals surface area contributed by atoms with Crippen molar-refractivity contribution >= 4 is 5.91 Å². The molecule has 110 valence electrons. The van der Waals surface area contributed by atoms with Gasteiger partial charge >= 0.3 is 0 Å². The van der Waals surface area contributed by atoms with E-state index in [-0.39, 0.29) is 5.91 Å². The van der Waals surface area contributed by atoms with E-state index in [4.69, 9.17) is 5.73 Å². The number of carbonyl (C=O) groups is 1. The smallest absolute Gasteiger partial charge is 0.238 e. The van der Waals surface area contributed by atoms with Gasteiger partial charge in [0.25, 0.3) is 0 Å². The number of likely N-dealkylation sites (N-methyl/N-ethyl adjacent to an activating group) is 1. The van der Waals surface area contributed by atoms with Gasteiger partial charge in [0.05, 0.1) is 0 Å². The lowest BCUT2D eigenvalue weighted by Gasteiger charge is -2.42. The molecule has 0 spiro atoms. The second-order valence-corrected chi connectivity index (χ2v) is 6.39. The van der Waals surface area contributed by atoms with Crippen molar-refractivity contribution in [2.45, 2.75) is 50.7 Å². The van der Waals surface area contributed by atoms with Crippen LogP contribution < -0.4 is 11.1 Å². The molecular formula is C14H28N4O. The number of hydrogen-bond donors (Lipinski definition) is 2. The number of nitrogens with zero attached hydrogens (tertiary/aromatic N) is 2. The average molecular weight is 268 g/mol. The lowest BCUT2D eigenvalue weighted by molar-refractivity contribution is -0.125. The first-order chi connectivity index (χ1) is 8.94. The molecule has 2 aliphatic rings. The highest BCUT2D eigenvalue weighted by atomic mass is 16.1. The number of carbonyl (C=O) groups excluding carboxylic acids is 1. The zero-order valence-electron chi connectivity index (χ0n) is 12.5. The molecule has 1 saturated heterocycles. The molecule has 1 aliphatic heterocycles. The van der Waals surface area contributed by atoms with Gasteiger partial charge in [0.2, 0.25) is 5.91 Å². The summed E-state index contributed by atoms with van der Waals surface area (Å²) in [5.74, 6) is -0.230. The van der Waals surface area contributed by atoms with E-state index in [2.05, 4.69) is 29.1 Å². The van der Waals surface area contributed by atoms with Crippen LogP contribution in [0.2, 0.25) is 0 Å². The third-order valence-electron chi connectivity index (χ3n) is 4.52. The maximum absolute atomic E-state index is 11.8. The number of piperazine rings is 1. The van der Waals surface area contributed by atoms with Gasteiger partial charge < -0.3 is 10.6 Å². The predicted octanol–water partition coefficient (Wildman–Crippen LogP) is 0.00840. The molecule has 5 nitrogen and oxygen atoms in total. The lowest BCUT2D eigenvalue weighted by atomic mass is 9.99. The van der Waals surface area contributed by atoms with E-state index in [1.165, 1.54) is 12.8 Å². The van der Waals surface area contributed by atoms with E-state index in [1.807, 2.05) is 6.92 Å². The van der Waals surface area contributed by atoms with E-state index in [1.54, 1.807) is 0 Å². The number of primary amides is 1. The summed E-state index contributed by atoms with van der Waals surface area (Å²) in [5, 5.41) is 3.43. The third kappa shape index (κ3) is 3.68. The Bertz CT molecular complexity index is 331. The van der Waals surface area contributed by atoms with Crippen molar-refractivity contribution in [3.8, 4) is 0 Å². The zero-order valence-corrected chi connectivity index (χ0v) is 12.5. The van der Waals surface area contributed by atoms with E-state index in [9.17, 15) is 4.79 Å². The summed E-state index contributed by atoms with van der Waals surface area (Å²) in [6, 6.07) is 1.08. The molecule has 0 aromatic heterocycles. The fourth-order valence-electron chi connectivity index (χ4n) is 2.91. The van der Waals surface area contributed by atoms with Crippen LogP contribution in [-0.4, -0.2) is 66.6 Å². The summed E-state index contributed by atoms with van der Waals surface area (Å²) in [7, 11) is 2.18. The second kappa shape index (κ2) is 5.77. The molecule has 0 aromatic carbocycles. The van der Waals surface area contributed by atoms with E-state index in [0.717, 1.165) is 32.6 Å². The van der Waals surface area contributed by atoms with Gasteiger partial charge in [-0.15, -0.1) is 0 Å². The first kappa shape index (κ1) is 14.8. The highest BCUT2D eigenvalue weighted by molar-refractivity contribution is 5.84. The third-order valence-corrected chi connectivity index (χ3v) is 4.52. The molecule has 19 heavy (non-hydrogen) atoms. The minimum Gasteiger partial charge on any atom is -0.368 e. The van der Waals surface area contributed by atoms with Crippen molar-refractivity contribution in [3.05, 3.63) is 0 Å². The van der Waals surface area contributed by atoms with Crippen LogP contribution >= 0.6 is 0 Å². The van der Waals surface area contributed by atoms with Gasteiger partial charge in [-0.3, -0.25) is 15.0 Å². The van der Waals surface area contributed by atoms with Crippen molar-refractivity contribution in [1.29, 1.82) is 0 Å². The largest absolute Gasteiger partial charge is 0.368 e. The summed E-state index contributed by atoms with van der Waals surface area (Å²) < 4.78 is 0. The predicted molar refractivity (Wildman–Crippen MR) is 76.9 cm³/mol. The summed E-state index contributed by atoms with van der Waals surface area (Å²) in [4.78, 5) is 16.6. The topological polar surface area (TPSA) is 61.6 Å². The van der Waals surface area contributed by atoms with Gasteiger partial charge in [-0.25, -0.2) is 0 Å². The van der Waals surface area contributed by atoms with Gasteiger partial charge in [-0.2, -0.15) is 0 Å². The first-order valence-electron chi connectivity index (χ1n) is 7.45. The molecule has 1 saturated carbocycles. The first-order valence-corrected chi connectivity index (χ1v) is 7.45. The standard InChI is InChI=1S/C14H28N4O/c1-4-12-9-18(8-7-17(12)3)10-14(2,13(15)19)16-11-5-6-11/h11-12,16H,4-10H2,1-3H3,(H2,15,19). The lowest BCUT2D eigenvalue weighted by Crippen LogP contribution is -2.63. The van der Waals surface area contributed by atoms with E-state index in [0.29, 0.717) is 12.1 Å². The minimum absolute atomic E-state index is 0.230. The summed E-state index contributed by atoms with van der Waals surface area (Å²) >= 11 is 0.